The van der Waals surface area contributed by atoms with Gasteiger partial charge in [-0.05, 0) is 25.2 Å². The topological polar surface area (TPSA) is 89.3 Å². The summed E-state index contributed by atoms with van der Waals surface area (Å²) in [6.45, 7) is 3.87. The molecule has 1 aliphatic carbocycles. The Morgan fingerprint density at radius 2 is 1.83 bits per heavy atom. The Labute approximate surface area is 110 Å². The summed E-state index contributed by atoms with van der Waals surface area (Å²) < 4.78 is 26.8. The highest BCUT2D eigenvalue weighted by atomic mass is 32.2. The summed E-state index contributed by atoms with van der Waals surface area (Å²) in [4.78, 5) is 11.3. The van der Waals surface area contributed by atoms with Gasteiger partial charge in [-0.15, -0.1) is 0 Å². The maximum atomic E-state index is 12.2. The van der Waals surface area contributed by atoms with Crippen LogP contribution in [0.2, 0.25) is 0 Å². The van der Waals surface area contributed by atoms with Crippen LogP contribution in [0.5, 0.6) is 0 Å². The van der Waals surface area contributed by atoms with Crippen LogP contribution in [0, 0.1) is 5.92 Å². The largest absolute Gasteiger partial charge is 0.368 e. The summed E-state index contributed by atoms with van der Waals surface area (Å²) in [5.41, 5.74) is 5.26. The highest BCUT2D eigenvalue weighted by molar-refractivity contribution is 7.90. The molecule has 18 heavy (non-hydrogen) atoms. The maximum Gasteiger partial charge on any atom is 0.235 e. The van der Waals surface area contributed by atoms with Crippen molar-refractivity contribution < 1.29 is 13.2 Å². The predicted molar refractivity (Wildman–Crippen MR) is 71.4 cm³/mol. The molecular weight excluding hydrogens is 252 g/mol. The van der Waals surface area contributed by atoms with Crippen molar-refractivity contribution in [1.82, 2.24) is 4.72 Å². The second kappa shape index (κ2) is 6.52. The van der Waals surface area contributed by atoms with E-state index in [1.165, 1.54) is 0 Å². The summed E-state index contributed by atoms with van der Waals surface area (Å²) in [6, 6.07) is -0.781. The third-order valence-electron chi connectivity index (χ3n) is 3.35. The van der Waals surface area contributed by atoms with Crippen LogP contribution in [0.1, 0.15) is 52.4 Å². The van der Waals surface area contributed by atoms with Crippen LogP contribution in [0.4, 0.5) is 0 Å². The minimum Gasteiger partial charge on any atom is -0.368 e. The molecule has 0 aromatic heterocycles. The fraction of sp³-hybridized carbons (Fsp3) is 0.917. The molecule has 1 saturated carbocycles. The zero-order valence-electron chi connectivity index (χ0n) is 11.2. The molecule has 106 valence electrons. The summed E-state index contributed by atoms with van der Waals surface area (Å²) in [6.07, 6.45) is 4.79. The fourth-order valence-electron chi connectivity index (χ4n) is 2.36. The summed E-state index contributed by atoms with van der Waals surface area (Å²) in [5, 5.41) is -0.361. The Bertz CT molecular complexity index is 373. The number of nitrogens with one attached hydrogen (secondary N) is 1. The Morgan fingerprint density at radius 1 is 1.28 bits per heavy atom. The summed E-state index contributed by atoms with van der Waals surface area (Å²) in [7, 11) is -3.42. The lowest BCUT2D eigenvalue weighted by molar-refractivity contribution is -0.119. The van der Waals surface area contributed by atoms with Crippen LogP contribution >= 0.6 is 0 Å². The second-order valence-corrected chi connectivity index (χ2v) is 7.50. The van der Waals surface area contributed by atoms with Crippen LogP contribution in [0.15, 0.2) is 0 Å². The van der Waals surface area contributed by atoms with Gasteiger partial charge in [0.15, 0.2) is 0 Å². The zero-order valence-corrected chi connectivity index (χ0v) is 12.0. The van der Waals surface area contributed by atoms with Gasteiger partial charge in [-0.1, -0.05) is 33.1 Å². The fourth-order valence-corrected chi connectivity index (χ4v) is 4.12. The molecule has 0 bridgehead atoms. The number of hydrogen-bond donors (Lipinski definition) is 2. The van der Waals surface area contributed by atoms with E-state index in [2.05, 4.69) is 4.72 Å². The molecule has 5 nitrogen and oxygen atoms in total. The molecule has 1 atom stereocenters. The minimum absolute atomic E-state index is 0.219. The predicted octanol–water partition coefficient (Wildman–Crippen LogP) is 1.14. The van der Waals surface area contributed by atoms with Crippen molar-refractivity contribution in [3.05, 3.63) is 0 Å². The molecule has 0 heterocycles. The van der Waals surface area contributed by atoms with Crippen molar-refractivity contribution in [3.8, 4) is 0 Å². The molecule has 0 aromatic carbocycles. The average Bonchev–Trinajstić information content (AvgIpc) is 2.28. The highest BCUT2D eigenvalue weighted by Gasteiger charge is 2.31. The molecule has 0 unspecified atom stereocenters. The van der Waals surface area contributed by atoms with E-state index in [4.69, 9.17) is 5.73 Å². The van der Waals surface area contributed by atoms with Crippen LogP contribution in [0.3, 0.4) is 0 Å². The molecule has 6 heteroatoms. The SMILES string of the molecule is CC(C)C[C@H](NS(=O)(=O)C1CCCCC1)C(N)=O. The molecule has 0 radical (unpaired) electrons. The standard InChI is InChI=1S/C12H24N2O3S/c1-9(2)8-11(12(13)15)14-18(16,17)10-6-4-3-5-7-10/h9-11,14H,3-8H2,1-2H3,(H2,13,15)/t11-/m0/s1. The Morgan fingerprint density at radius 3 is 2.28 bits per heavy atom. The number of hydrogen-bond acceptors (Lipinski definition) is 3. The van der Waals surface area contributed by atoms with Gasteiger partial charge in [-0.2, -0.15) is 0 Å². The van der Waals surface area contributed by atoms with Crippen molar-refractivity contribution in [3.63, 3.8) is 0 Å². The average molecular weight is 276 g/mol. The summed E-state index contributed by atoms with van der Waals surface area (Å²) in [5.74, 6) is -0.375. The monoisotopic (exact) mass is 276 g/mol. The highest BCUT2D eigenvalue weighted by Crippen LogP contribution is 2.23. The maximum absolute atomic E-state index is 12.2. The first-order valence-electron chi connectivity index (χ1n) is 6.63. The van der Waals surface area contributed by atoms with E-state index < -0.39 is 22.0 Å². The molecule has 1 amide bonds. The van der Waals surface area contributed by atoms with E-state index in [1.807, 2.05) is 13.8 Å². The lowest BCUT2D eigenvalue weighted by Gasteiger charge is -2.25. The van der Waals surface area contributed by atoms with Crippen molar-refractivity contribution >= 4 is 15.9 Å². The van der Waals surface area contributed by atoms with Gasteiger partial charge >= 0.3 is 0 Å². The van der Waals surface area contributed by atoms with Gasteiger partial charge in [0.1, 0.15) is 6.04 Å². The van der Waals surface area contributed by atoms with Crippen molar-refractivity contribution in [2.24, 2.45) is 11.7 Å². The lowest BCUT2D eigenvalue weighted by Crippen LogP contribution is -2.48. The normalized spacial score (nSPS) is 19.9. The van der Waals surface area contributed by atoms with E-state index in [0.717, 1.165) is 19.3 Å². The van der Waals surface area contributed by atoms with Gasteiger partial charge in [0.2, 0.25) is 15.9 Å². The third kappa shape index (κ3) is 4.57. The molecule has 0 aromatic rings. The Kier molecular flexibility index (Phi) is 5.59. The van der Waals surface area contributed by atoms with Crippen molar-refractivity contribution in [2.75, 3.05) is 0 Å². The van der Waals surface area contributed by atoms with Crippen LogP contribution in [-0.4, -0.2) is 25.6 Å². The van der Waals surface area contributed by atoms with Crippen LogP contribution in [0.25, 0.3) is 0 Å². The molecule has 1 rings (SSSR count). The number of carbonyl (C=O) groups excluding carboxylic acids is 1. The van der Waals surface area contributed by atoms with Gasteiger partial charge in [0.05, 0.1) is 5.25 Å². The van der Waals surface area contributed by atoms with E-state index in [-0.39, 0.29) is 11.2 Å². The molecule has 0 spiro atoms. The Balaban J connectivity index is 2.68. The lowest BCUT2D eigenvalue weighted by atomic mass is 10.0. The van der Waals surface area contributed by atoms with Gasteiger partial charge in [-0.3, -0.25) is 4.79 Å². The molecule has 1 fully saturated rings. The molecule has 0 aliphatic heterocycles. The minimum atomic E-state index is -3.42. The second-order valence-electron chi connectivity index (χ2n) is 5.51. The zero-order chi connectivity index (χ0) is 13.8. The van der Waals surface area contributed by atoms with E-state index >= 15 is 0 Å². The van der Waals surface area contributed by atoms with Gasteiger partial charge < -0.3 is 5.73 Å². The summed E-state index contributed by atoms with van der Waals surface area (Å²) >= 11 is 0. The first-order chi connectivity index (χ1) is 8.33. The first-order valence-corrected chi connectivity index (χ1v) is 8.18. The van der Waals surface area contributed by atoms with Crippen molar-refractivity contribution in [2.45, 2.75) is 63.7 Å². The molecule has 3 N–H and O–H groups in total. The van der Waals surface area contributed by atoms with E-state index in [0.29, 0.717) is 19.3 Å². The first kappa shape index (κ1) is 15.4. The number of sulfonamides is 1. The van der Waals surface area contributed by atoms with E-state index in [1.54, 1.807) is 0 Å². The molecular formula is C12H24N2O3S. The van der Waals surface area contributed by atoms with Crippen molar-refractivity contribution in [1.29, 1.82) is 0 Å². The van der Waals surface area contributed by atoms with Crippen LogP contribution in [-0.2, 0) is 14.8 Å². The molecule has 1 aliphatic rings. The smallest absolute Gasteiger partial charge is 0.235 e. The number of amides is 1. The number of nitrogens with two attached hydrogens (primary N) is 1. The van der Waals surface area contributed by atoms with E-state index in [9.17, 15) is 13.2 Å². The van der Waals surface area contributed by atoms with Gasteiger partial charge in [0.25, 0.3) is 0 Å². The third-order valence-corrected chi connectivity index (χ3v) is 5.31. The van der Waals surface area contributed by atoms with Crippen LogP contribution < -0.4 is 10.5 Å². The van der Waals surface area contributed by atoms with Gasteiger partial charge in [0, 0.05) is 0 Å². The number of carbonyl (C=O) groups is 1. The number of rotatable bonds is 6. The molecule has 0 saturated heterocycles. The Hall–Kier alpha value is -0.620. The van der Waals surface area contributed by atoms with Gasteiger partial charge in [-0.25, -0.2) is 13.1 Å². The number of primary amides is 1. The quantitative estimate of drug-likeness (QED) is 0.762.